The van der Waals surface area contributed by atoms with E-state index in [1.165, 1.54) is 4.90 Å². The number of hydrogen-bond acceptors (Lipinski definition) is 7. The van der Waals surface area contributed by atoms with Gasteiger partial charge in [-0.05, 0) is 48.7 Å². The molecular formula is C32H33N3O6. The maximum Gasteiger partial charge on any atom is 0.348 e. The number of nitrogens with zero attached hydrogens (tertiary/aromatic N) is 3. The van der Waals surface area contributed by atoms with E-state index < -0.39 is 24.3 Å². The Morgan fingerprint density at radius 2 is 1.41 bits per heavy atom. The molecule has 0 aliphatic carbocycles. The molecule has 0 aliphatic heterocycles. The molecule has 1 aromatic heterocycles. The van der Waals surface area contributed by atoms with Gasteiger partial charge in [-0.2, -0.15) is 0 Å². The summed E-state index contributed by atoms with van der Waals surface area (Å²) < 4.78 is 17.7. The van der Waals surface area contributed by atoms with E-state index in [1.807, 2.05) is 36.4 Å². The molecule has 3 aromatic carbocycles. The van der Waals surface area contributed by atoms with Gasteiger partial charge < -0.3 is 24.2 Å². The van der Waals surface area contributed by atoms with E-state index >= 15 is 0 Å². The molecule has 1 N–H and O–H groups in total. The smallest absolute Gasteiger partial charge is 0.348 e. The number of carbonyl (C=O) groups excluding carboxylic acids is 1. The van der Waals surface area contributed by atoms with Gasteiger partial charge >= 0.3 is 12.0 Å². The number of likely N-dealkylation sites (N-methyl/N-ethyl adjacent to an activating group) is 1. The molecule has 0 saturated heterocycles. The number of benzene rings is 3. The van der Waals surface area contributed by atoms with Crippen LogP contribution in [0, 0.1) is 13.8 Å². The van der Waals surface area contributed by atoms with E-state index in [0.29, 0.717) is 34.8 Å². The van der Waals surface area contributed by atoms with Crippen LogP contribution in [0.2, 0.25) is 0 Å². The Hall–Kier alpha value is -4.76. The predicted molar refractivity (Wildman–Crippen MR) is 153 cm³/mol. The van der Waals surface area contributed by atoms with Crippen molar-refractivity contribution >= 4 is 11.9 Å². The third-order valence-corrected chi connectivity index (χ3v) is 6.61. The topological polar surface area (TPSA) is 111 Å². The van der Waals surface area contributed by atoms with Crippen molar-refractivity contribution in [1.82, 2.24) is 14.9 Å². The molecule has 0 fully saturated rings. The quantitative estimate of drug-likeness (QED) is 0.271. The second-order valence-corrected chi connectivity index (χ2v) is 9.62. The minimum absolute atomic E-state index is 0.0994. The molecule has 9 nitrogen and oxygen atoms in total. The number of carboxylic acid groups (broad SMARTS) is 1. The fourth-order valence-corrected chi connectivity index (χ4v) is 4.62. The van der Waals surface area contributed by atoms with Crippen LogP contribution in [-0.2, 0) is 26.5 Å². The van der Waals surface area contributed by atoms with Crippen LogP contribution in [0.25, 0.3) is 0 Å². The van der Waals surface area contributed by atoms with Crippen molar-refractivity contribution < 1.29 is 28.9 Å². The number of aromatic nitrogens is 2. The van der Waals surface area contributed by atoms with Gasteiger partial charge in [0.15, 0.2) is 5.60 Å². The monoisotopic (exact) mass is 555 g/mol. The highest BCUT2D eigenvalue weighted by Gasteiger charge is 2.50. The largest absolute Gasteiger partial charge is 0.497 e. The summed E-state index contributed by atoms with van der Waals surface area (Å²) in [6, 6.07) is 26.8. The molecule has 0 unspecified atom stereocenters. The molecule has 0 saturated carbocycles. The number of ether oxygens (including phenoxy) is 3. The Kier molecular flexibility index (Phi) is 9.31. The van der Waals surface area contributed by atoms with Crippen molar-refractivity contribution in [2.75, 3.05) is 20.8 Å². The van der Waals surface area contributed by atoms with Gasteiger partial charge in [-0.1, -0.05) is 72.8 Å². The Bertz CT molecular complexity index is 1400. The zero-order valence-corrected chi connectivity index (χ0v) is 23.5. The number of methoxy groups -OCH3 is 1. The average molecular weight is 556 g/mol. The van der Waals surface area contributed by atoms with E-state index in [-0.39, 0.29) is 11.9 Å². The van der Waals surface area contributed by atoms with Crippen LogP contribution in [0.4, 0.5) is 0 Å². The third-order valence-electron chi connectivity index (χ3n) is 6.61. The minimum Gasteiger partial charge on any atom is -0.497 e. The van der Waals surface area contributed by atoms with E-state index in [4.69, 9.17) is 14.2 Å². The van der Waals surface area contributed by atoms with E-state index in [9.17, 15) is 14.7 Å². The van der Waals surface area contributed by atoms with E-state index in [0.717, 1.165) is 5.56 Å². The van der Waals surface area contributed by atoms with Crippen molar-refractivity contribution in [3.63, 3.8) is 0 Å². The molecule has 212 valence electrons. The minimum atomic E-state index is -1.73. The number of carboxylic acids is 1. The predicted octanol–water partition coefficient (Wildman–Crippen LogP) is 4.55. The third kappa shape index (κ3) is 6.88. The summed E-state index contributed by atoms with van der Waals surface area (Å²) in [6.07, 6.45) is -1.65. The summed E-state index contributed by atoms with van der Waals surface area (Å²) in [4.78, 5) is 36.5. The van der Waals surface area contributed by atoms with Gasteiger partial charge in [-0.3, -0.25) is 4.79 Å². The molecule has 41 heavy (non-hydrogen) atoms. The zero-order valence-electron chi connectivity index (χ0n) is 23.5. The first-order chi connectivity index (χ1) is 19.7. The van der Waals surface area contributed by atoms with Crippen LogP contribution >= 0.6 is 0 Å². The molecule has 1 atom stereocenters. The molecule has 1 amide bonds. The van der Waals surface area contributed by atoms with Crippen LogP contribution in [-0.4, -0.2) is 58.7 Å². The van der Waals surface area contributed by atoms with Gasteiger partial charge in [-0.15, -0.1) is 0 Å². The molecule has 0 bridgehead atoms. The molecule has 4 rings (SSSR count). The van der Waals surface area contributed by atoms with Crippen LogP contribution in [0.5, 0.6) is 11.8 Å². The first-order valence-corrected chi connectivity index (χ1v) is 13.1. The van der Waals surface area contributed by atoms with Crippen molar-refractivity contribution in [3.05, 3.63) is 119 Å². The van der Waals surface area contributed by atoms with Gasteiger partial charge in [0.25, 0.3) is 0 Å². The highest BCUT2D eigenvalue weighted by atomic mass is 16.6. The lowest BCUT2D eigenvalue weighted by atomic mass is 9.81. The lowest BCUT2D eigenvalue weighted by molar-refractivity contribution is -0.169. The van der Waals surface area contributed by atoms with Crippen molar-refractivity contribution in [2.45, 2.75) is 32.1 Å². The fraction of sp³-hybridized carbons (Fsp3) is 0.250. The number of hydrogen-bond donors (Lipinski definition) is 1. The van der Waals surface area contributed by atoms with Crippen molar-refractivity contribution in [2.24, 2.45) is 0 Å². The van der Waals surface area contributed by atoms with Crippen LogP contribution in [0.15, 0.2) is 91.0 Å². The molecule has 0 aliphatic rings. The summed E-state index contributed by atoms with van der Waals surface area (Å²) in [5.41, 5.74) is 1.40. The summed E-state index contributed by atoms with van der Waals surface area (Å²) in [5.74, 6) is -0.933. The number of aryl methyl sites for hydroxylation is 2. The maximum absolute atomic E-state index is 13.4. The number of amides is 1. The van der Waals surface area contributed by atoms with Crippen molar-refractivity contribution in [3.8, 4) is 11.8 Å². The molecule has 9 heteroatoms. The van der Waals surface area contributed by atoms with Crippen LogP contribution in [0.3, 0.4) is 0 Å². The highest BCUT2D eigenvalue weighted by molar-refractivity contribution is 5.78. The van der Waals surface area contributed by atoms with E-state index in [1.54, 1.807) is 82.6 Å². The molecule has 4 aromatic rings. The SMILES string of the molecule is COc1ccc(CN(C)C(=O)COC(c2ccccc2)(c2ccccc2)[C@H](Oc2nc(C)cc(C)n2)C(=O)O)cc1. The zero-order chi connectivity index (χ0) is 29.4. The van der Waals surface area contributed by atoms with Gasteiger partial charge in [-0.25, -0.2) is 14.8 Å². The lowest BCUT2D eigenvalue weighted by Crippen LogP contribution is -2.52. The molecular weight excluding hydrogens is 522 g/mol. The van der Waals surface area contributed by atoms with Crippen LogP contribution < -0.4 is 9.47 Å². The highest BCUT2D eigenvalue weighted by Crippen LogP contribution is 2.39. The second-order valence-electron chi connectivity index (χ2n) is 9.62. The van der Waals surface area contributed by atoms with Gasteiger partial charge in [0.05, 0.1) is 7.11 Å². The van der Waals surface area contributed by atoms with Gasteiger partial charge in [0.2, 0.25) is 12.0 Å². The fourth-order valence-electron chi connectivity index (χ4n) is 4.62. The molecule has 1 heterocycles. The summed E-state index contributed by atoms with van der Waals surface area (Å²) in [6.45, 7) is 3.45. The second kappa shape index (κ2) is 13.1. The summed E-state index contributed by atoms with van der Waals surface area (Å²) in [7, 11) is 3.26. The number of carbonyl (C=O) groups is 2. The number of aliphatic carboxylic acids is 1. The Balaban J connectivity index is 1.73. The molecule has 0 spiro atoms. The Labute approximate surface area is 239 Å². The molecule has 0 radical (unpaired) electrons. The standard InChI is InChI=1S/C32H33N3O6/c1-22-19-23(2)34-31(33-22)41-29(30(37)38)32(25-11-7-5-8-12-25,26-13-9-6-10-14-26)40-21-28(36)35(3)20-24-15-17-27(39-4)18-16-24/h5-19,29H,20-21H2,1-4H3,(H,37,38)/t29-/m1/s1. The number of rotatable bonds is 12. The average Bonchev–Trinajstić information content (AvgIpc) is 2.97. The van der Waals surface area contributed by atoms with Gasteiger partial charge in [0, 0.05) is 25.0 Å². The lowest BCUT2D eigenvalue weighted by Gasteiger charge is -2.39. The Morgan fingerprint density at radius 3 is 1.90 bits per heavy atom. The first-order valence-electron chi connectivity index (χ1n) is 13.1. The van der Waals surface area contributed by atoms with Gasteiger partial charge in [0.1, 0.15) is 12.4 Å². The normalized spacial score (nSPS) is 11.9. The van der Waals surface area contributed by atoms with Crippen LogP contribution in [0.1, 0.15) is 28.1 Å². The van der Waals surface area contributed by atoms with Crippen molar-refractivity contribution in [1.29, 1.82) is 0 Å². The summed E-state index contributed by atoms with van der Waals surface area (Å²) in [5, 5.41) is 10.6. The first kappa shape index (κ1) is 29.2. The maximum atomic E-state index is 13.4. The Morgan fingerprint density at radius 1 is 0.878 bits per heavy atom. The van der Waals surface area contributed by atoms with E-state index in [2.05, 4.69) is 9.97 Å². The summed E-state index contributed by atoms with van der Waals surface area (Å²) >= 11 is 0.